The molecule has 2 N–H and O–H groups in total. The second-order valence-electron chi connectivity index (χ2n) is 6.28. The summed E-state index contributed by atoms with van der Waals surface area (Å²) < 4.78 is 6.12. The summed E-state index contributed by atoms with van der Waals surface area (Å²) in [7, 11) is 0. The molecule has 3 rings (SSSR count). The van der Waals surface area contributed by atoms with Crippen molar-refractivity contribution >= 4 is 35.1 Å². The van der Waals surface area contributed by atoms with E-state index in [4.69, 9.17) is 4.74 Å². The standard InChI is InChI=1S/C21H26N2O2S2/c24-20(23-13-4-12-22-18-6-2-1-3-7-18)16-25-19-10-8-17(9-11-19)21-26-14-5-15-27-21/h1-3,6-11,21-22H,4-5,12-16H2,(H,23,24). The molecule has 144 valence electrons. The minimum Gasteiger partial charge on any atom is -0.484 e. The maximum absolute atomic E-state index is 11.9. The van der Waals surface area contributed by atoms with Gasteiger partial charge < -0.3 is 15.4 Å². The monoisotopic (exact) mass is 402 g/mol. The first kappa shape index (κ1) is 20.0. The SMILES string of the molecule is O=C(COc1ccc(C2SCCCS2)cc1)NCCCNc1ccccc1. The predicted molar refractivity (Wildman–Crippen MR) is 117 cm³/mol. The van der Waals surface area contributed by atoms with Gasteiger partial charge >= 0.3 is 0 Å². The van der Waals surface area contributed by atoms with Crippen molar-refractivity contribution < 1.29 is 9.53 Å². The van der Waals surface area contributed by atoms with E-state index in [9.17, 15) is 4.79 Å². The quantitative estimate of drug-likeness (QED) is 0.603. The lowest BCUT2D eigenvalue weighted by Crippen LogP contribution is -2.30. The van der Waals surface area contributed by atoms with E-state index in [1.807, 2.05) is 66.0 Å². The maximum Gasteiger partial charge on any atom is 0.257 e. The Morgan fingerprint density at radius 1 is 1.00 bits per heavy atom. The molecular weight excluding hydrogens is 376 g/mol. The van der Waals surface area contributed by atoms with Crippen LogP contribution in [0.1, 0.15) is 23.0 Å². The van der Waals surface area contributed by atoms with Crippen LogP contribution in [-0.2, 0) is 4.79 Å². The molecule has 1 amide bonds. The van der Waals surface area contributed by atoms with Crippen LogP contribution in [-0.4, -0.2) is 37.1 Å². The largest absolute Gasteiger partial charge is 0.484 e. The van der Waals surface area contributed by atoms with Gasteiger partial charge in [0.05, 0.1) is 4.58 Å². The fourth-order valence-electron chi connectivity index (χ4n) is 2.71. The van der Waals surface area contributed by atoms with Crippen LogP contribution in [0.5, 0.6) is 5.75 Å². The van der Waals surface area contributed by atoms with Gasteiger partial charge in [-0.2, -0.15) is 0 Å². The number of thioether (sulfide) groups is 2. The van der Waals surface area contributed by atoms with Gasteiger partial charge in [-0.25, -0.2) is 0 Å². The lowest BCUT2D eigenvalue weighted by molar-refractivity contribution is -0.123. The number of carbonyl (C=O) groups is 1. The van der Waals surface area contributed by atoms with Crippen molar-refractivity contribution in [1.29, 1.82) is 0 Å². The highest BCUT2D eigenvalue weighted by atomic mass is 32.2. The van der Waals surface area contributed by atoms with Crippen molar-refractivity contribution in [1.82, 2.24) is 5.32 Å². The summed E-state index contributed by atoms with van der Waals surface area (Å²) >= 11 is 4.01. The summed E-state index contributed by atoms with van der Waals surface area (Å²) in [5.41, 5.74) is 2.42. The minimum absolute atomic E-state index is 0.0540. The molecule has 2 aromatic carbocycles. The predicted octanol–water partition coefficient (Wildman–Crippen LogP) is 4.55. The maximum atomic E-state index is 11.9. The van der Waals surface area contributed by atoms with E-state index >= 15 is 0 Å². The van der Waals surface area contributed by atoms with E-state index in [-0.39, 0.29) is 12.5 Å². The molecule has 0 aromatic heterocycles. The Morgan fingerprint density at radius 3 is 2.48 bits per heavy atom. The van der Waals surface area contributed by atoms with Crippen LogP contribution in [0.15, 0.2) is 54.6 Å². The molecule has 0 aliphatic carbocycles. The van der Waals surface area contributed by atoms with Crippen molar-refractivity contribution in [3.05, 3.63) is 60.2 Å². The first-order chi connectivity index (χ1) is 13.3. The van der Waals surface area contributed by atoms with E-state index < -0.39 is 0 Å². The third-order valence-corrected chi connectivity index (χ3v) is 7.14. The lowest BCUT2D eigenvalue weighted by atomic mass is 10.2. The molecule has 2 aromatic rings. The highest BCUT2D eigenvalue weighted by Crippen LogP contribution is 2.43. The molecule has 1 fully saturated rings. The number of benzene rings is 2. The van der Waals surface area contributed by atoms with Gasteiger partial charge in [0.1, 0.15) is 5.75 Å². The molecule has 6 heteroatoms. The summed E-state index contributed by atoms with van der Waals surface area (Å²) in [6.07, 6.45) is 2.16. The molecule has 1 heterocycles. The Kier molecular flexibility index (Phi) is 8.24. The fraction of sp³-hybridized carbons (Fsp3) is 0.381. The number of hydrogen-bond acceptors (Lipinski definition) is 5. The van der Waals surface area contributed by atoms with Gasteiger partial charge in [0.25, 0.3) is 5.91 Å². The summed E-state index contributed by atoms with van der Waals surface area (Å²) in [5.74, 6) is 3.12. The number of hydrogen-bond donors (Lipinski definition) is 2. The van der Waals surface area contributed by atoms with Crippen LogP contribution in [0.2, 0.25) is 0 Å². The molecule has 0 unspecified atom stereocenters. The molecule has 4 nitrogen and oxygen atoms in total. The van der Waals surface area contributed by atoms with Crippen LogP contribution in [0.3, 0.4) is 0 Å². The molecule has 1 saturated heterocycles. The van der Waals surface area contributed by atoms with E-state index in [1.54, 1.807) is 0 Å². The smallest absolute Gasteiger partial charge is 0.257 e. The number of carbonyl (C=O) groups excluding carboxylic acids is 1. The van der Waals surface area contributed by atoms with Gasteiger partial charge in [0.15, 0.2) is 6.61 Å². The molecule has 1 aliphatic heterocycles. The van der Waals surface area contributed by atoms with Gasteiger partial charge in [0.2, 0.25) is 0 Å². The van der Waals surface area contributed by atoms with Crippen LogP contribution in [0.4, 0.5) is 5.69 Å². The minimum atomic E-state index is -0.0859. The second kappa shape index (κ2) is 11.1. The van der Waals surface area contributed by atoms with Crippen molar-refractivity contribution in [2.24, 2.45) is 0 Å². The van der Waals surface area contributed by atoms with E-state index in [1.165, 1.54) is 23.5 Å². The molecule has 0 atom stereocenters. The average molecular weight is 403 g/mol. The zero-order valence-corrected chi connectivity index (χ0v) is 17.0. The van der Waals surface area contributed by atoms with Crippen LogP contribution < -0.4 is 15.4 Å². The number of anilines is 1. The van der Waals surface area contributed by atoms with Crippen molar-refractivity contribution in [2.45, 2.75) is 17.4 Å². The lowest BCUT2D eigenvalue weighted by Gasteiger charge is -2.21. The van der Waals surface area contributed by atoms with Gasteiger partial charge in [-0.1, -0.05) is 30.3 Å². The zero-order chi connectivity index (χ0) is 18.7. The highest BCUT2D eigenvalue weighted by Gasteiger charge is 2.16. The Balaban J connectivity index is 1.29. The Morgan fingerprint density at radius 2 is 1.74 bits per heavy atom. The summed E-state index contributed by atoms with van der Waals surface area (Å²) in [4.78, 5) is 11.9. The summed E-state index contributed by atoms with van der Waals surface area (Å²) in [6, 6.07) is 18.2. The highest BCUT2D eigenvalue weighted by molar-refractivity contribution is 8.16. The molecule has 0 bridgehead atoms. The van der Waals surface area contributed by atoms with Gasteiger partial charge in [0, 0.05) is 18.8 Å². The van der Waals surface area contributed by atoms with Crippen molar-refractivity contribution in [3.63, 3.8) is 0 Å². The Hall–Kier alpha value is -1.79. The first-order valence-electron chi connectivity index (χ1n) is 9.33. The number of para-hydroxylation sites is 1. The number of ether oxygens (including phenoxy) is 1. The van der Waals surface area contributed by atoms with Crippen molar-refractivity contribution in [3.8, 4) is 5.75 Å². The third kappa shape index (κ3) is 7.03. The fourth-order valence-corrected chi connectivity index (χ4v) is 5.60. The number of rotatable bonds is 9. The molecule has 0 spiro atoms. The summed E-state index contributed by atoms with van der Waals surface area (Å²) in [6.45, 7) is 1.51. The van der Waals surface area contributed by atoms with Crippen LogP contribution in [0, 0.1) is 0 Å². The number of amides is 1. The molecular formula is C21H26N2O2S2. The summed E-state index contributed by atoms with van der Waals surface area (Å²) in [5, 5.41) is 6.21. The molecule has 1 aliphatic rings. The van der Waals surface area contributed by atoms with E-state index in [0.29, 0.717) is 11.1 Å². The van der Waals surface area contributed by atoms with Crippen LogP contribution in [0.25, 0.3) is 0 Å². The average Bonchev–Trinajstić information content (AvgIpc) is 2.74. The molecule has 0 saturated carbocycles. The van der Waals surface area contributed by atoms with Gasteiger partial charge in [-0.05, 0) is 54.2 Å². The van der Waals surface area contributed by atoms with Gasteiger partial charge in [-0.15, -0.1) is 23.5 Å². The Labute approximate surface area is 169 Å². The molecule has 27 heavy (non-hydrogen) atoms. The van der Waals surface area contributed by atoms with Gasteiger partial charge in [-0.3, -0.25) is 4.79 Å². The van der Waals surface area contributed by atoms with E-state index in [0.717, 1.165) is 24.4 Å². The van der Waals surface area contributed by atoms with Crippen LogP contribution >= 0.6 is 23.5 Å². The molecule has 0 radical (unpaired) electrons. The topological polar surface area (TPSA) is 50.4 Å². The first-order valence-corrected chi connectivity index (χ1v) is 11.4. The van der Waals surface area contributed by atoms with E-state index in [2.05, 4.69) is 22.8 Å². The third-order valence-electron chi connectivity index (χ3n) is 4.13. The normalized spacial score (nSPS) is 14.5. The number of nitrogens with one attached hydrogen (secondary N) is 2. The Bertz CT molecular complexity index is 689. The zero-order valence-electron chi connectivity index (χ0n) is 15.4. The van der Waals surface area contributed by atoms with Crippen molar-refractivity contribution in [2.75, 3.05) is 36.5 Å². The second-order valence-corrected chi connectivity index (χ2v) is 9.01.